The van der Waals surface area contributed by atoms with E-state index < -0.39 is 11.9 Å². The summed E-state index contributed by atoms with van der Waals surface area (Å²) in [7, 11) is 2.55. The number of fused-ring (bicyclic) bond motifs is 8. The van der Waals surface area contributed by atoms with Gasteiger partial charge in [-0.05, 0) is 18.3 Å². The highest BCUT2D eigenvalue weighted by Gasteiger charge is 2.68. The molecule has 0 aromatic rings. The molecule has 3 aliphatic heterocycles. The van der Waals surface area contributed by atoms with E-state index in [2.05, 4.69) is 0 Å². The van der Waals surface area contributed by atoms with Crippen LogP contribution in [-0.2, 0) is 33.4 Å². The fourth-order valence-corrected chi connectivity index (χ4v) is 11.4. The van der Waals surface area contributed by atoms with Crippen LogP contribution in [-0.4, -0.2) is 48.6 Å². The molecule has 3 heterocycles. The van der Waals surface area contributed by atoms with Gasteiger partial charge in [-0.2, -0.15) is 0 Å². The van der Waals surface area contributed by atoms with Gasteiger partial charge in [0.2, 0.25) is 0 Å². The number of hydrogen-bond acceptors (Lipinski definition) is 11. The fourth-order valence-electron chi connectivity index (χ4n) is 4.70. The number of methoxy groups -OCH3 is 2. The SMILES string of the molecule is COC(=O)C1=C(C(=O)OC)SC(=C2S[C@@H]3[C@H]4C[C@@H]([C@H]3S2)[C@@H]2C(=O)OC(=O)[C@H]42)S1. The molecule has 11 heteroatoms. The van der Waals surface area contributed by atoms with Gasteiger partial charge < -0.3 is 14.2 Å². The van der Waals surface area contributed by atoms with Crippen LogP contribution in [0.1, 0.15) is 6.42 Å². The lowest BCUT2D eigenvalue weighted by Crippen LogP contribution is -2.38. The van der Waals surface area contributed by atoms with Gasteiger partial charge in [-0.15, -0.1) is 23.5 Å². The standard InChI is InChI=1S/C17H14O7S4/c1-22-14(20)10-11(15(21)23-2)28-17(27-10)16-25-8-4-3-5(9(8)26-16)7-6(4)12(18)24-13(7)19/h4-9H,3H2,1-2H3/t4-,5+,6+,7-,8-,9-/m1/s1. The highest BCUT2D eigenvalue weighted by atomic mass is 32.2. The van der Waals surface area contributed by atoms with E-state index >= 15 is 0 Å². The van der Waals surface area contributed by atoms with Crippen molar-refractivity contribution in [3.63, 3.8) is 0 Å². The number of ether oxygens (including phenoxy) is 3. The number of thioether (sulfide) groups is 4. The summed E-state index contributed by atoms with van der Waals surface area (Å²) in [4.78, 5) is 48.8. The Bertz CT molecular complexity index is 828. The predicted octanol–water partition coefficient (Wildman–Crippen LogP) is 2.33. The predicted molar refractivity (Wildman–Crippen MR) is 106 cm³/mol. The Balaban J connectivity index is 1.41. The van der Waals surface area contributed by atoms with Crippen LogP contribution >= 0.6 is 47.0 Å². The lowest BCUT2D eigenvalue weighted by Gasteiger charge is -2.28. The van der Waals surface area contributed by atoms with E-state index in [1.807, 2.05) is 0 Å². The molecule has 2 saturated heterocycles. The second-order valence-electron chi connectivity index (χ2n) is 6.94. The summed E-state index contributed by atoms with van der Waals surface area (Å²) in [6.45, 7) is 0. The Morgan fingerprint density at radius 1 is 0.857 bits per heavy atom. The highest BCUT2D eigenvalue weighted by molar-refractivity contribution is 8.33. The number of esters is 4. The number of rotatable bonds is 2. The van der Waals surface area contributed by atoms with Gasteiger partial charge >= 0.3 is 23.9 Å². The summed E-state index contributed by atoms with van der Waals surface area (Å²) in [5, 5.41) is 0.476. The van der Waals surface area contributed by atoms with Crippen molar-refractivity contribution in [2.45, 2.75) is 16.9 Å². The van der Waals surface area contributed by atoms with Crippen molar-refractivity contribution in [2.24, 2.45) is 23.7 Å². The normalized spacial score (nSPS) is 38.1. The average Bonchev–Trinajstić information content (AvgIpc) is 3.46. The number of carbonyl (C=O) groups is 4. The highest BCUT2D eigenvalue weighted by Crippen LogP contribution is 2.70. The third-order valence-corrected chi connectivity index (χ3v) is 12.2. The fraction of sp³-hybridized carbons (Fsp3) is 0.529. The van der Waals surface area contributed by atoms with Crippen LogP contribution in [0.25, 0.3) is 0 Å². The molecule has 7 nitrogen and oxygen atoms in total. The first-order chi connectivity index (χ1) is 13.4. The van der Waals surface area contributed by atoms with Gasteiger partial charge in [0.1, 0.15) is 9.81 Å². The first-order valence-electron chi connectivity index (χ1n) is 8.54. The Morgan fingerprint density at radius 3 is 1.75 bits per heavy atom. The lowest BCUT2D eigenvalue weighted by molar-refractivity contribution is -0.154. The van der Waals surface area contributed by atoms with E-state index in [1.54, 1.807) is 23.5 Å². The minimum absolute atomic E-state index is 0.138. The minimum atomic E-state index is -0.565. The Labute approximate surface area is 177 Å². The van der Waals surface area contributed by atoms with Gasteiger partial charge in [-0.1, -0.05) is 23.5 Å². The first-order valence-corrected chi connectivity index (χ1v) is 11.9. The Kier molecular flexibility index (Phi) is 4.57. The third kappa shape index (κ3) is 2.55. The zero-order chi connectivity index (χ0) is 19.7. The van der Waals surface area contributed by atoms with E-state index in [9.17, 15) is 19.2 Å². The molecule has 2 bridgehead atoms. The Hall–Kier alpha value is -1.04. The zero-order valence-corrected chi connectivity index (χ0v) is 17.9. The van der Waals surface area contributed by atoms with E-state index in [4.69, 9.17) is 14.2 Å². The molecule has 2 saturated carbocycles. The average molecular weight is 459 g/mol. The second-order valence-corrected chi connectivity index (χ2v) is 11.9. The van der Waals surface area contributed by atoms with Gasteiger partial charge in [0.25, 0.3) is 0 Å². The molecule has 0 N–H and O–H groups in total. The molecule has 0 unspecified atom stereocenters. The van der Waals surface area contributed by atoms with Gasteiger partial charge in [-0.25, -0.2) is 9.59 Å². The second kappa shape index (κ2) is 6.75. The van der Waals surface area contributed by atoms with Crippen molar-refractivity contribution in [3.05, 3.63) is 18.3 Å². The quantitative estimate of drug-likeness (QED) is 0.346. The van der Waals surface area contributed by atoms with Crippen LogP contribution in [0.3, 0.4) is 0 Å². The van der Waals surface area contributed by atoms with E-state index in [0.717, 1.165) is 14.9 Å². The van der Waals surface area contributed by atoms with Crippen molar-refractivity contribution in [1.82, 2.24) is 0 Å². The molecule has 148 valence electrons. The maximum absolute atomic E-state index is 12.1. The van der Waals surface area contributed by atoms with Crippen LogP contribution in [0.5, 0.6) is 0 Å². The van der Waals surface area contributed by atoms with Crippen molar-refractivity contribution >= 4 is 70.9 Å². The smallest absolute Gasteiger partial charge is 0.346 e. The summed E-state index contributed by atoms with van der Waals surface area (Å²) >= 11 is 5.82. The number of cyclic esters (lactones) is 2. The molecule has 5 aliphatic rings. The molecule has 0 amide bonds. The maximum atomic E-state index is 12.1. The van der Waals surface area contributed by atoms with Gasteiger partial charge in [0.15, 0.2) is 0 Å². The minimum Gasteiger partial charge on any atom is -0.465 e. The maximum Gasteiger partial charge on any atom is 0.346 e. The molecule has 28 heavy (non-hydrogen) atoms. The van der Waals surface area contributed by atoms with Gasteiger partial charge in [-0.3, -0.25) is 9.59 Å². The van der Waals surface area contributed by atoms with E-state index in [-0.39, 0.29) is 55.9 Å². The van der Waals surface area contributed by atoms with E-state index in [0.29, 0.717) is 0 Å². The van der Waals surface area contributed by atoms with Gasteiger partial charge in [0.05, 0.1) is 34.5 Å². The molecular formula is C17H14O7S4. The van der Waals surface area contributed by atoms with Crippen LogP contribution in [0.4, 0.5) is 0 Å². The molecule has 0 spiro atoms. The first kappa shape index (κ1) is 19.0. The molecule has 0 aromatic heterocycles. The monoisotopic (exact) mass is 458 g/mol. The van der Waals surface area contributed by atoms with Crippen molar-refractivity contribution in [3.8, 4) is 0 Å². The Morgan fingerprint density at radius 2 is 1.32 bits per heavy atom. The summed E-state index contributed by atoms with van der Waals surface area (Å²) in [6, 6.07) is 0. The topological polar surface area (TPSA) is 96.0 Å². The summed E-state index contributed by atoms with van der Waals surface area (Å²) < 4.78 is 16.4. The molecule has 6 atom stereocenters. The summed E-state index contributed by atoms with van der Waals surface area (Å²) in [5.41, 5.74) is 0. The zero-order valence-electron chi connectivity index (χ0n) is 14.7. The molecule has 0 aromatic carbocycles. The molecular weight excluding hydrogens is 444 g/mol. The largest absolute Gasteiger partial charge is 0.465 e. The van der Waals surface area contributed by atoms with Crippen LogP contribution in [0, 0.1) is 23.7 Å². The summed E-state index contributed by atoms with van der Waals surface area (Å²) in [5.74, 6) is -2.23. The summed E-state index contributed by atoms with van der Waals surface area (Å²) in [6.07, 6.45) is 0.882. The van der Waals surface area contributed by atoms with E-state index in [1.165, 1.54) is 37.7 Å². The lowest BCUT2D eigenvalue weighted by atomic mass is 9.80. The van der Waals surface area contributed by atoms with Crippen LogP contribution < -0.4 is 0 Å². The van der Waals surface area contributed by atoms with Crippen LogP contribution in [0.15, 0.2) is 18.3 Å². The molecule has 5 rings (SSSR count). The van der Waals surface area contributed by atoms with Gasteiger partial charge in [0, 0.05) is 10.5 Å². The third-order valence-electron chi connectivity index (χ3n) is 5.76. The van der Waals surface area contributed by atoms with Crippen molar-refractivity contribution in [2.75, 3.05) is 14.2 Å². The van der Waals surface area contributed by atoms with Crippen molar-refractivity contribution in [1.29, 1.82) is 0 Å². The van der Waals surface area contributed by atoms with Crippen molar-refractivity contribution < 1.29 is 33.4 Å². The number of carbonyl (C=O) groups excluding carboxylic acids is 4. The molecule has 4 fully saturated rings. The molecule has 0 radical (unpaired) electrons. The molecule has 2 aliphatic carbocycles. The number of hydrogen-bond donors (Lipinski definition) is 0. The van der Waals surface area contributed by atoms with Crippen LogP contribution in [0.2, 0.25) is 0 Å².